The van der Waals surface area contributed by atoms with Crippen molar-refractivity contribution in [3.8, 4) is 17.0 Å². The number of ether oxygens (including phenoxy) is 2. The molecule has 1 unspecified atom stereocenters. The van der Waals surface area contributed by atoms with Gasteiger partial charge in [0.25, 0.3) is 11.6 Å². The molecule has 0 saturated heterocycles. The van der Waals surface area contributed by atoms with Gasteiger partial charge in [-0.1, -0.05) is 12.1 Å². The number of amides is 1. The van der Waals surface area contributed by atoms with E-state index in [1.807, 2.05) is 0 Å². The molecule has 0 fully saturated rings. The topological polar surface area (TPSA) is 164 Å². The third-order valence-corrected chi connectivity index (χ3v) is 5.11. The van der Waals surface area contributed by atoms with Crippen LogP contribution in [-0.4, -0.2) is 39.9 Å². The smallest absolute Gasteiger partial charge is 0.339 e. The molecule has 13 heteroatoms. The van der Waals surface area contributed by atoms with E-state index in [9.17, 15) is 29.8 Å². The second-order valence-electron chi connectivity index (χ2n) is 6.53. The predicted octanol–water partition coefficient (Wildman–Crippen LogP) is 3.82. The number of benzene rings is 2. The number of rotatable bonds is 8. The molecule has 12 nitrogen and oxygen atoms in total. The molecule has 170 valence electrons. The Labute approximate surface area is 190 Å². The van der Waals surface area contributed by atoms with Crippen molar-refractivity contribution < 1.29 is 28.9 Å². The first kappa shape index (κ1) is 23.3. The lowest BCUT2D eigenvalue weighted by Crippen LogP contribution is -2.30. The highest BCUT2D eigenvalue weighted by Crippen LogP contribution is 2.29. The summed E-state index contributed by atoms with van der Waals surface area (Å²) in [6, 6.07) is 9.42. The minimum absolute atomic E-state index is 0.0225. The van der Waals surface area contributed by atoms with E-state index in [1.54, 1.807) is 11.4 Å². The Kier molecular flexibility index (Phi) is 6.93. The number of methoxy groups -OCH3 is 1. The van der Waals surface area contributed by atoms with E-state index in [4.69, 9.17) is 9.47 Å². The number of aromatic nitrogens is 1. The molecule has 0 saturated carbocycles. The van der Waals surface area contributed by atoms with Crippen molar-refractivity contribution in [3.05, 3.63) is 73.6 Å². The van der Waals surface area contributed by atoms with Gasteiger partial charge in [-0.05, 0) is 19.1 Å². The van der Waals surface area contributed by atoms with Crippen LogP contribution in [0.1, 0.15) is 17.3 Å². The molecule has 0 aliphatic carbocycles. The number of thiazole rings is 1. The molecule has 33 heavy (non-hydrogen) atoms. The minimum Gasteiger partial charge on any atom is -0.490 e. The summed E-state index contributed by atoms with van der Waals surface area (Å²) in [4.78, 5) is 49.8. The van der Waals surface area contributed by atoms with Gasteiger partial charge in [-0.2, -0.15) is 0 Å². The van der Waals surface area contributed by atoms with Crippen LogP contribution in [0.15, 0.2) is 47.8 Å². The van der Waals surface area contributed by atoms with Crippen molar-refractivity contribution in [2.45, 2.75) is 13.0 Å². The van der Waals surface area contributed by atoms with Crippen molar-refractivity contribution >= 4 is 39.7 Å². The average Bonchev–Trinajstić information content (AvgIpc) is 3.26. The van der Waals surface area contributed by atoms with Gasteiger partial charge in [-0.25, -0.2) is 9.78 Å². The predicted molar refractivity (Wildman–Crippen MR) is 117 cm³/mol. The first-order valence-electron chi connectivity index (χ1n) is 9.24. The SMILES string of the molecule is COc1ccc(C(=O)OC(C)C(=O)Nc2nc(-c3cccc([N+](=O)[O-])c3)cs2)cc1[N+](=O)[O-]. The number of non-ortho nitro benzene ring substituents is 1. The zero-order valence-electron chi connectivity index (χ0n) is 17.2. The van der Waals surface area contributed by atoms with Gasteiger partial charge in [0.05, 0.1) is 28.2 Å². The molecule has 0 bridgehead atoms. The molecule has 0 spiro atoms. The van der Waals surface area contributed by atoms with Gasteiger partial charge in [0.1, 0.15) is 0 Å². The van der Waals surface area contributed by atoms with Gasteiger partial charge in [0, 0.05) is 29.1 Å². The molecular weight excluding hydrogens is 456 g/mol. The summed E-state index contributed by atoms with van der Waals surface area (Å²) < 4.78 is 9.98. The molecule has 0 radical (unpaired) electrons. The number of carbonyl (C=O) groups excluding carboxylic acids is 2. The molecule has 1 amide bonds. The molecule has 1 atom stereocenters. The maximum Gasteiger partial charge on any atom is 0.339 e. The van der Waals surface area contributed by atoms with Crippen molar-refractivity contribution in [2.75, 3.05) is 12.4 Å². The molecular formula is C20H16N4O8S. The highest BCUT2D eigenvalue weighted by Gasteiger charge is 2.23. The van der Waals surface area contributed by atoms with Crippen LogP contribution in [0.4, 0.5) is 16.5 Å². The number of nitrogens with one attached hydrogen (secondary N) is 1. The fraction of sp³-hybridized carbons (Fsp3) is 0.150. The van der Waals surface area contributed by atoms with Crippen LogP contribution in [0.25, 0.3) is 11.3 Å². The van der Waals surface area contributed by atoms with Gasteiger partial charge < -0.3 is 9.47 Å². The van der Waals surface area contributed by atoms with Crippen LogP contribution in [0.5, 0.6) is 5.75 Å². The summed E-state index contributed by atoms with van der Waals surface area (Å²) >= 11 is 1.09. The number of anilines is 1. The van der Waals surface area contributed by atoms with Crippen molar-refractivity contribution in [2.24, 2.45) is 0 Å². The second-order valence-corrected chi connectivity index (χ2v) is 7.38. The van der Waals surface area contributed by atoms with Crippen LogP contribution >= 0.6 is 11.3 Å². The average molecular weight is 472 g/mol. The molecule has 3 aromatic rings. The second kappa shape index (κ2) is 9.82. The quantitative estimate of drug-likeness (QED) is 0.291. The molecule has 3 rings (SSSR count). The number of nitrogens with zero attached hydrogens (tertiary/aromatic N) is 3. The number of carbonyl (C=O) groups is 2. The van der Waals surface area contributed by atoms with Crippen molar-refractivity contribution in [3.63, 3.8) is 0 Å². The molecule has 1 aromatic heterocycles. The fourth-order valence-corrected chi connectivity index (χ4v) is 3.41. The van der Waals surface area contributed by atoms with Crippen molar-refractivity contribution in [1.29, 1.82) is 0 Å². The van der Waals surface area contributed by atoms with E-state index < -0.39 is 33.5 Å². The Bertz CT molecular complexity index is 1240. The number of hydrogen-bond acceptors (Lipinski definition) is 10. The summed E-state index contributed by atoms with van der Waals surface area (Å²) in [5.74, 6) is -1.63. The maximum absolute atomic E-state index is 12.4. The van der Waals surface area contributed by atoms with Crippen LogP contribution in [0, 0.1) is 20.2 Å². The summed E-state index contributed by atoms with van der Waals surface area (Å²) in [6.07, 6.45) is -1.23. The highest BCUT2D eigenvalue weighted by molar-refractivity contribution is 7.14. The number of nitro benzene ring substituents is 2. The van der Waals surface area contributed by atoms with Gasteiger partial charge in [-0.15, -0.1) is 11.3 Å². The Morgan fingerprint density at radius 2 is 1.88 bits per heavy atom. The fourth-order valence-electron chi connectivity index (χ4n) is 2.69. The Balaban J connectivity index is 1.66. The zero-order valence-corrected chi connectivity index (χ0v) is 18.0. The van der Waals surface area contributed by atoms with Crippen LogP contribution in [0.3, 0.4) is 0 Å². The lowest BCUT2D eigenvalue weighted by atomic mass is 10.1. The lowest BCUT2D eigenvalue weighted by Gasteiger charge is -2.12. The van der Waals surface area contributed by atoms with Crippen molar-refractivity contribution in [1.82, 2.24) is 4.98 Å². The third kappa shape index (κ3) is 5.46. The standard InChI is InChI=1S/C20H16N4O8S/c1-11(32-19(26)13-6-7-17(31-2)16(9-13)24(29)30)18(25)22-20-21-15(10-33-20)12-4-3-5-14(8-12)23(27)28/h3-11H,1-2H3,(H,21,22,25). The van der Waals surface area contributed by atoms with E-state index in [2.05, 4.69) is 10.3 Å². The maximum atomic E-state index is 12.4. The van der Waals surface area contributed by atoms with Gasteiger partial charge in [-0.3, -0.25) is 30.3 Å². The van der Waals surface area contributed by atoms with Gasteiger partial charge >= 0.3 is 11.7 Å². The highest BCUT2D eigenvalue weighted by atomic mass is 32.1. The van der Waals surface area contributed by atoms with E-state index in [-0.39, 0.29) is 22.1 Å². The summed E-state index contributed by atoms with van der Waals surface area (Å²) in [7, 11) is 1.26. The minimum atomic E-state index is -1.23. The van der Waals surface area contributed by atoms with Crippen LogP contribution < -0.4 is 10.1 Å². The normalized spacial score (nSPS) is 11.3. The zero-order chi connectivity index (χ0) is 24.1. The van der Waals surface area contributed by atoms with E-state index in [0.717, 1.165) is 17.4 Å². The molecule has 0 aliphatic rings. The Morgan fingerprint density at radius 1 is 1.12 bits per heavy atom. The number of esters is 1. The van der Waals surface area contributed by atoms with Crippen LogP contribution in [-0.2, 0) is 9.53 Å². The monoisotopic (exact) mass is 472 g/mol. The molecule has 0 aliphatic heterocycles. The van der Waals surface area contributed by atoms with Gasteiger partial charge in [0.2, 0.25) is 0 Å². The largest absolute Gasteiger partial charge is 0.490 e. The van der Waals surface area contributed by atoms with Gasteiger partial charge in [0.15, 0.2) is 17.0 Å². The first-order chi connectivity index (χ1) is 15.7. The summed E-state index contributed by atoms with van der Waals surface area (Å²) in [5.41, 5.74) is 0.297. The first-order valence-corrected chi connectivity index (χ1v) is 10.1. The van der Waals surface area contributed by atoms with Crippen LogP contribution in [0.2, 0.25) is 0 Å². The third-order valence-electron chi connectivity index (χ3n) is 4.35. The molecule has 1 heterocycles. The lowest BCUT2D eigenvalue weighted by molar-refractivity contribution is -0.385. The summed E-state index contributed by atoms with van der Waals surface area (Å²) in [6.45, 7) is 1.33. The number of nitro groups is 2. The van der Waals surface area contributed by atoms with E-state index >= 15 is 0 Å². The summed E-state index contributed by atoms with van der Waals surface area (Å²) in [5, 5.41) is 26.4. The molecule has 2 aromatic carbocycles. The molecule has 1 N–H and O–H groups in total. The van der Waals surface area contributed by atoms with E-state index in [1.165, 1.54) is 44.4 Å². The Morgan fingerprint density at radius 3 is 2.55 bits per heavy atom. The Hall–Kier alpha value is -4.39. The number of hydrogen-bond donors (Lipinski definition) is 1. The van der Waals surface area contributed by atoms with E-state index in [0.29, 0.717) is 11.3 Å².